The summed E-state index contributed by atoms with van der Waals surface area (Å²) < 4.78 is 16.0. The number of ether oxygens (including phenoxy) is 3. The van der Waals surface area contributed by atoms with E-state index in [1.54, 1.807) is 0 Å². The van der Waals surface area contributed by atoms with E-state index in [0.29, 0.717) is 19.8 Å². The fraction of sp³-hybridized carbons (Fsp3) is 0.933. The predicted octanol–water partition coefficient (Wildman–Crippen LogP) is 1.99. The summed E-state index contributed by atoms with van der Waals surface area (Å²) in [5.41, 5.74) is -0.606. The second-order valence-electron chi connectivity index (χ2n) is 6.79. The van der Waals surface area contributed by atoms with Gasteiger partial charge in [0.15, 0.2) is 0 Å². The average Bonchev–Trinajstić information content (AvgIpc) is 2.33. The van der Waals surface area contributed by atoms with Gasteiger partial charge in [-0.1, -0.05) is 0 Å². The van der Waals surface area contributed by atoms with Crippen molar-refractivity contribution in [2.75, 3.05) is 26.4 Å². The van der Waals surface area contributed by atoms with Crippen LogP contribution in [0.5, 0.6) is 0 Å². The number of carbonyl (C=O) groups excluding carboxylic acids is 1. The summed E-state index contributed by atoms with van der Waals surface area (Å²) in [6.07, 6.45) is 1.66. The molecular formula is C15H29NO5. The van der Waals surface area contributed by atoms with Gasteiger partial charge in [0.05, 0.1) is 25.9 Å². The molecule has 1 rings (SSSR count). The second-order valence-corrected chi connectivity index (χ2v) is 6.79. The Labute approximate surface area is 127 Å². The first-order valence-corrected chi connectivity index (χ1v) is 7.47. The third-order valence-corrected chi connectivity index (χ3v) is 3.72. The molecule has 0 atom stereocenters. The molecule has 0 aromatic carbocycles. The van der Waals surface area contributed by atoms with Crippen molar-refractivity contribution in [2.45, 2.75) is 64.6 Å². The van der Waals surface area contributed by atoms with Crippen LogP contribution in [0.1, 0.15) is 47.5 Å². The largest absolute Gasteiger partial charge is 0.463 e. The van der Waals surface area contributed by atoms with Gasteiger partial charge < -0.3 is 19.4 Å². The van der Waals surface area contributed by atoms with Gasteiger partial charge in [0.2, 0.25) is 0 Å². The number of hydrogen-bond acceptors (Lipinski definition) is 6. The van der Waals surface area contributed by atoms with Crippen LogP contribution in [-0.4, -0.2) is 59.8 Å². The zero-order valence-electron chi connectivity index (χ0n) is 13.8. The van der Waals surface area contributed by atoms with Crippen LogP contribution < -0.4 is 0 Å². The monoisotopic (exact) mass is 303 g/mol. The highest BCUT2D eigenvalue weighted by molar-refractivity contribution is 5.65. The normalized spacial score (nSPS) is 22.2. The van der Waals surface area contributed by atoms with Crippen molar-refractivity contribution in [1.82, 2.24) is 5.06 Å². The zero-order chi connectivity index (χ0) is 16.1. The number of rotatable bonds is 7. The van der Waals surface area contributed by atoms with Crippen molar-refractivity contribution in [3.8, 4) is 0 Å². The van der Waals surface area contributed by atoms with Gasteiger partial charge in [-0.3, -0.25) is 4.79 Å². The number of hydrogen-bond donors (Lipinski definition) is 1. The van der Waals surface area contributed by atoms with Crippen molar-refractivity contribution in [3.63, 3.8) is 0 Å². The Kier molecular flexibility index (Phi) is 6.59. The fourth-order valence-corrected chi connectivity index (χ4v) is 2.92. The molecule has 0 aromatic rings. The van der Waals surface area contributed by atoms with Crippen LogP contribution in [0.25, 0.3) is 0 Å². The Bertz CT molecular complexity index is 325. The molecule has 1 aliphatic heterocycles. The van der Waals surface area contributed by atoms with Crippen LogP contribution in [0.15, 0.2) is 0 Å². The van der Waals surface area contributed by atoms with E-state index in [9.17, 15) is 10.0 Å². The van der Waals surface area contributed by atoms with Gasteiger partial charge >= 0.3 is 5.97 Å². The standard InChI is InChI=1S/C15H29NO5/c1-12(17)20-8-6-19-7-9-21-13-10-14(2,3)16(18)15(4,5)11-13/h13,18H,6-11H2,1-5H3. The summed E-state index contributed by atoms with van der Waals surface area (Å²) in [6.45, 7) is 11.1. The quantitative estimate of drug-likeness (QED) is 0.573. The number of nitrogens with zero attached hydrogens (tertiary/aromatic N) is 1. The minimum absolute atomic E-state index is 0.107. The van der Waals surface area contributed by atoms with E-state index in [0.717, 1.165) is 12.8 Å². The van der Waals surface area contributed by atoms with Crippen LogP contribution in [0, 0.1) is 0 Å². The summed E-state index contributed by atoms with van der Waals surface area (Å²) in [5.74, 6) is -0.296. The Balaban J connectivity index is 2.22. The molecule has 0 bridgehead atoms. The number of piperidine rings is 1. The Morgan fingerprint density at radius 3 is 2.14 bits per heavy atom. The van der Waals surface area contributed by atoms with Crippen LogP contribution in [0.4, 0.5) is 0 Å². The molecule has 1 heterocycles. The maximum Gasteiger partial charge on any atom is 0.302 e. The fourth-order valence-electron chi connectivity index (χ4n) is 2.92. The van der Waals surface area contributed by atoms with E-state index >= 15 is 0 Å². The van der Waals surface area contributed by atoms with Crippen LogP contribution in [-0.2, 0) is 19.0 Å². The summed E-state index contributed by atoms with van der Waals surface area (Å²) in [5, 5.41) is 11.6. The van der Waals surface area contributed by atoms with Crippen LogP contribution in [0.3, 0.4) is 0 Å². The van der Waals surface area contributed by atoms with Gasteiger partial charge in [-0.05, 0) is 40.5 Å². The van der Waals surface area contributed by atoms with Crippen molar-refractivity contribution in [2.24, 2.45) is 0 Å². The van der Waals surface area contributed by atoms with Gasteiger partial charge in [0.25, 0.3) is 0 Å². The molecule has 0 amide bonds. The number of hydroxylamine groups is 2. The Morgan fingerprint density at radius 2 is 1.62 bits per heavy atom. The van der Waals surface area contributed by atoms with Crippen molar-refractivity contribution < 1.29 is 24.2 Å². The lowest BCUT2D eigenvalue weighted by molar-refractivity contribution is -0.261. The molecule has 6 nitrogen and oxygen atoms in total. The third-order valence-electron chi connectivity index (χ3n) is 3.72. The molecule has 1 N–H and O–H groups in total. The van der Waals surface area contributed by atoms with E-state index in [1.807, 2.05) is 27.7 Å². The minimum Gasteiger partial charge on any atom is -0.463 e. The minimum atomic E-state index is -0.303. The molecule has 21 heavy (non-hydrogen) atoms. The molecule has 0 spiro atoms. The summed E-state index contributed by atoms with van der Waals surface area (Å²) in [7, 11) is 0. The highest BCUT2D eigenvalue weighted by Gasteiger charge is 2.45. The first-order chi connectivity index (χ1) is 9.65. The second kappa shape index (κ2) is 7.54. The van der Waals surface area contributed by atoms with Crippen molar-refractivity contribution >= 4 is 5.97 Å². The maximum absolute atomic E-state index is 10.6. The van der Waals surface area contributed by atoms with Crippen LogP contribution in [0.2, 0.25) is 0 Å². The van der Waals surface area contributed by atoms with Gasteiger partial charge in [-0.2, -0.15) is 5.06 Å². The molecule has 6 heteroatoms. The lowest BCUT2D eigenvalue weighted by Gasteiger charge is -2.51. The molecule has 0 radical (unpaired) electrons. The van der Waals surface area contributed by atoms with E-state index in [1.165, 1.54) is 12.0 Å². The summed E-state index contributed by atoms with van der Waals surface area (Å²) in [4.78, 5) is 10.6. The van der Waals surface area contributed by atoms with Gasteiger partial charge in [-0.25, -0.2) is 0 Å². The van der Waals surface area contributed by atoms with Crippen LogP contribution >= 0.6 is 0 Å². The lowest BCUT2D eigenvalue weighted by atomic mass is 9.80. The first-order valence-electron chi connectivity index (χ1n) is 7.47. The summed E-state index contributed by atoms with van der Waals surface area (Å²) in [6, 6.07) is 0. The van der Waals surface area contributed by atoms with E-state index in [4.69, 9.17) is 14.2 Å². The highest BCUT2D eigenvalue weighted by Crippen LogP contribution is 2.37. The van der Waals surface area contributed by atoms with Crippen molar-refractivity contribution in [1.29, 1.82) is 0 Å². The molecule has 1 saturated heterocycles. The molecule has 1 fully saturated rings. The summed E-state index contributed by atoms with van der Waals surface area (Å²) >= 11 is 0. The lowest BCUT2D eigenvalue weighted by Crippen LogP contribution is -2.60. The molecule has 1 aliphatic rings. The Morgan fingerprint density at radius 1 is 1.10 bits per heavy atom. The van der Waals surface area contributed by atoms with Gasteiger partial charge in [0.1, 0.15) is 6.61 Å². The topological polar surface area (TPSA) is 68.2 Å². The van der Waals surface area contributed by atoms with Gasteiger partial charge in [0, 0.05) is 18.0 Å². The van der Waals surface area contributed by atoms with E-state index in [-0.39, 0.29) is 29.8 Å². The molecule has 124 valence electrons. The number of esters is 1. The molecule has 0 unspecified atom stereocenters. The molecular weight excluding hydrogens is 274 g/mol. The molecule has 0 aromatic heterocycles. The molecule has 0 saturated carbocycles. The zero-order valence-corrected chi connectivity index (χ0v) is 13.8. The van der Waals surface area contributed by atoms with E-state index in [2.05, 4.69) is 0 Å². The maximum atomic E-state index is 10.6. The first kappa shape index (κ1) is 18.4. The Hall–Kier alpha value is -0.690. The van der Waals surface area contributed by atoms with Gasteiger partial charge in [-0.15, -0.1) is 0 Å². The predicted molar refractivity (Wildman–Crippen MR) is 78.2 cm³/mol. The number of carbonyl (C=O) groups is 1. The van der Waals surface area contributed by atoms with E-state index < -0.39 is 0 Å². The smallest absolute Gasteiger partial charge is 0.302 e. The highest BCUT2D eigenvalue weighted by atomic mass is 16.6. The van der Waals surface area contributed by atoms with Crippen molar-refractivity contribution in [3.05, 3.63) is 0 Å². The SMILES string of the molecule is CC(=O)OCCOCCOC1CC(C)(C)N(O)C(C)(C)C1. The molecule has 0 aliphatic carbocycles. The third kappa shape index (κ3) is 5.90. The average molecular weight is 303 g/mol.